The number of nitrogens with one attached hydrogen (secondary N) is 1. The molecule has 0 saturated heterocycles. The van der Waals surface area contributed by atoms with Gasteiger partial charge in [-0.15, -0.1) is 0 Å². The predicted octanol–water partition coefficient (Wildman–Crippen LogP) is 0.395. The topological polar surface area (TPSA) is 75.3 Å². The molecule has 68 valence electrons. The summed E-state index contributed by atoms with van der Waals surface area (Å²) in [6, 6.07) is 6.70. The van der Waals surface area contributed by atoms with Crippen LogP contribution in [0.2, 0.25) is 0 Å². The van der Waals surface area contributed by atoms with E-state index in [1.54, 1.807) is 24.3 Å². The smallest absolute Gasteiger partial charge is 0.257 e. The van der Waals surface area contributed by atoms with Crippen LogP contribution in [0.1, 0.15) is 5.56 Å². The molecular formula is C9H10N2O2. The molecule has 1 aromatic carbocycles. The van der Waals surface area contributed by atoms with E-state index in [-0.39, 0.29) is 5.75 Å². The number of carbonyl (C=O) groups excluding carboxylic acids is 1. The van der Waals surface area contributed by atoms with E-state index in [4.69, 9.17) is 5.84 Å². The number of carbonyl (C=O) groups is 1. The zero-order chi connectivity index (χ0) is 9.68. The summed E-state index contributed by atoms with van der Waals surface area (Å²) < 4.78 is 0. The van der Waals surface area contributed by atoms with Gasteiger partial charge < -0.3 is 5.11 Å². The first-order valence-corrected chi connectivity index (χ1v) is 3.70. The molecule has 0 aliphatic heterocycles. The quantitative estimate of drug-likeness (QED) is 0.265. The molecule has 1 aromatic rings. The van der Waals surface area contributed by atoms with Gasteiger partial charge in [-0.25, -0.2) is 5.84 Å². The van der Waals surface area contributed by atoms with Crippen molar-refractivity contribution in [3.05, 3.63) is 35.9 Å². The molecule has 0 saturated carbocycles. The molecule has 0 aliphatic rings. The molecule has 0 bridgehead atoms. The number of amides is 1. The first-order valence-electron chi connectivity index (χ1n) is 3.70. The number of nitrogens with two attached hydrogens (primary N) is 1. The van der Waals surface area contributed by atoms with Crippen molar-refractivity contribution in [2.24, 2.45) is 5.84 Å². The van der Waals surface area contributed by atoms with E-state index in [1.165, 1.54) is 12.2 Å². The van der Waals surface area contributed by atoms with Gasteiger partial charge in [0.05, 0.1) is 0 Å². The molecule has 1 rings (SSSR count). The van der Waals surface area contributed by atoms with E-state index in [2.05, 4.69) is 0 Å². The third kappa shape index (κ3) is 2.61. The molecule has 1 amide bonds. The monoisotopic (exact) mass is 178 g/mol. The summed E-state index contributed by atoms with van der Waals surface area (Å²) in [7, 11) is 0. The Morgan fingerprint density at radius 2 is 2.15 bits per heavy atom. The van der Waals surface area contributed by atoms with E-state index in [0.29, 0.717) is 5.56 Å². The second kappa shape index (κ2) is 4.27. The van der Waals surface area contributed by atoms with Crippen LogP contribution in [0.5, 0.6) is 5.75 Å². The summed E-state index contributed by atoms with van der Waals surface area (Å²) in [4.78, 5) is 10.7. The number of hydrazine groups is 1. The van der Waals surface area contributed by atoms with Gasteiger partial charge in [0.1, 0.15) is 5.75 Å². The van der Waals surface area contributed by atoms with Gasteiger partial charge in [0, 0.05) is 11.6 Å². The molecule has 4 nitrogen and oxygen atoms in total. The van der Waals surface area contributed by atoms with Gasteiger partial charge in [0.25, 0.3) is 5.91 Å². The number of phenolic OH excluding ortho intramolecular Hbond substituents is 1. The molecular weight excluding hydrogens is 168 g/mol. The Kier molecular flexibility index (Phi) is 3.05. The van der Waals surface area contributed by atoms with Gasteiger partial charge in [-0.05, 0) is 12.1 Å². The fourth-order valence-electron chi connectivity index (χ4n) is 0.842. The fourth-order valence-corrected chi connectivity index (χ4v) is 0.842. The molecule has 0 radical (unpaired) electrons. The Hall–Kier alpha value is -1.81. The highest BCUT2D eigenvalue weighted by Gasteiger charge is 1.94. The minimum atomic E-state index is -0.414. The number of phenols is 1. The third-order valence-corrected chi connectivity index (χ3v) is 1.49. The molecule has 4 heteroatoms. The lowest BCUT2D eigenvalue weighted by Gasteiger charge is -1.96. The summed E-state index contributed by atoms with van der Waals surface area (Å²) in [6.07, 6.45) is 2.73. The molecule has 13 heavy (non-hydrogen) atoms. The standard InChI is InChI=1S/C9H10N2O2/c10-11-9(13)6-5-7-3-1-2-4-8(7)12/h1-6,12H,10H2,(H,11,13). The van der Waals surface area contributed by atoms with E-state index in [1.807, 2.05) is 5.43 Å². The van der Waals surface area contributed by atoms with Crippen LogP contribution >= 0.6 is 0 Å². The average molecular weight is 178 g/mol. The predicted molar refractivity (Wildman–Crippen MR) is 49.5 cm³/mol. The highest BCUT2D eigenvalue weighted by Crippen LogP contribution is 2.16. The maximum absolute atomic E-state index is 10.7. The van der Waals surface area contributed by atoms with Gasteiger partial charge in [0.2, 0.25) is 0 Å². The van der Waals surface area contributed by atoms with Crippen molar-refractivity contribution in [1.82, 2.24) is 5.43 Å². The summed E-state index contributed by atoms with van der Waals surface area (Å²) in [5, 5.41) is 9.28. The maximum Gasteiger partial charge on any atom is 0.257 e. The third-order valence-electron chi connectivity index (χ3n) is 1.49. The van der Waals surface area contributed by atoms with Crippen molar-refractivity contribution in [1.29, 1.82) is 0 Å². The van der Waals surface area contributed by atoms with E-state index < -0.39 is 5.91 Å². The molecule has 4 N–H and O–H groups in total. The van der Waals surface area contributed by atoms with Crippen LogP contribution in [0, 0.1) is 0 Å². The first kappa shape index (κ1) is 9.28. The average Bonchev–Trinajstić information content (AvgIpc) is 2.16. The van der Waals surface area contributed by atoms with Gasteiger partial charge >= 0.3 is 0 Å². The van der Waals surface area contributed by atoms with Crippen molar-refractivity contribution < 1.29 is 9.90 Å². The van der Waals surface area contributed by atoms with Crippen molar-refractivity contribution in [2.75, 3.05) is 0 Å². The van der Waals surface area contributed by atoms with E-state index in [0.717, 1.165) is 0 Å². The number of aromatic hydroxyl groups is 1. The summed E-state index contributed by atoms with van der Waals surface area (Å²) in [6.45, 7) is 0. The Balaban J connectivity index is 2.80. The van der Waals surface area contributed by atoms with Crippen molar-refractivity contribution in [2.45, 2.75) is 0 Å². The summed E-state index contributed by atoms with van der Waals surface area (Å²) >= 11 is 0. The highest BCUT2D eigenvalue weighted by atomic mass is 16.3. The maximum atomic E-state index is 10.7. The van der Waals surface area contributed by atoms with Gasteiger partial charge in [0.15, 0.2) is 0 Å². The Morgan fingerprint density at radius 1 is 1.46 bits per heavy atom. The first-order chi connectivity index (χ1) is 6.24. The number of hydrogen-bond donors (Lipinski definition) is 3. The van der Waals surface area contributed by atoms with Crippen LogP contribution in [0.15, 0.2) is 30.3 Å². The second-order valence-electron chi connectivity index (χ2n) is 2.40. The molecule has 0 unspecified atom stereocenters. The molecule has 0 heterocycles. The molecule has 0 fully saturated rings. The minimum Gasteiger partial charge on any atom is -0.507 e. The van der Waals surface area contributed by atoms with Gasteiger partial charge in [-0.3, -0.25) is 10.2 Å². The van der Waals surface area contributed by atoms with Gasteiger partial charge in [-0.2, -0.15) is 0 Å². The van der Waals surface area contributed by atoms with Crippen LogP contribution in [-0.2, 0) is 4.79 Å². The lowest BCUT2D eigenvalue weighted by molar-refractivity contribution is -0.116. The molecule has 0 aromatic heterocycles. The lowest BCUT2D eigenvalue weighted by atomic mass is 10.2. The molecule has 0 aliphatic carbocycles. The number of hydrogen-bond acceptors (Lipinski definition) is 3. The van der Waals surface area contributed by atoms with E-state index in [9.17, 15) is 9.90 Å². The SMILES string of the molecule is NNC(=O)C=Cc1ccccc1O. The van der Waals surface area contributed by atoms with Gasteiger partial charge in [-0.1, -0.05) is 18.2 Å². The summed E-state index contributed by atoms with van der Waals surface area (Å²) in [5.74, 6) is 4.58. The van der Waals surface area contributed by atoms with Crippen molar-refractivity contribution >= 4 is 12.0 Å². The number of benzene rings is 1. The number of para-hydroxylation sites is 1. The zero-order valence-electron chi connectivity index (χ0n) is 6.90. The Labute approximate surface area is 75.7 Å². The van der Waals surface area contributed by atoms with Crippen molar-refractivity contribution in [3.8, 4) is 5.75 Å². The van der Waals surface area contributed by atoms with Crippen LogP contribution in [-0.4, -0.2) is 11.0 Å². The van der Waals surface area contributed by atoms with Crippen LogP contribution < -0.4 is 11.3 Å². The zero-order valence-corrected chi connectivity index (χ0v) is 6.90. The Bertz CT molecular complexity index is 334. The van der Waals surface area contributed by atoms with Crippen LogP contribution in [0.25, 0.3) is 6.08 Å². The normalized spacial score (nSPS) is 10.2. The fraction of sp³-hybridized carbons (Fsp3) is 0. The van der Waals surface area contributed by atoms with Crippen LogP contribution in [0.3, 0.4) is 0 Å². The van der Waals surface area contributed by atoms with Crippen molar-refractivity contribution in [3.63, 3.8) is 0 Å². The number of rotatable bonds is 2. The second-order valence-corrected chi connectivity index (χ2v) is 2.40. The van der Waals surface area contributed by atoms with E-state index >= 15 is 0 Å². The summed E-state index contributed by atoms with van der Waals surface area (Å²) in [5.41, 5.74) is 2.52. The van der Waals surface area contributed by atoms with Crippen LogP contribution in [0.4, 0.5) is 0 Å². The molecule has 0 spiro atoms. The molecule has 0 atom stereocenters. The highest BCUT2D eigenvalue weighted by molar-refractivity contribution is 5.91. The minimum absolute atomic E-state index is 0.128. The largest absolute Gasteiger partial charge is 0.507 e. The Morgan fingerprint density at radius 3 is 2.77 bits per heavy atom. The lowest BCUT2D eigenvalue weighted by Crippen LogP contribution is -2.27.